The molecule has 0 aliphatic carbocycles. The number of aromatic nitrogens is 7. The normalized spacial score (nSPS) is 17.4. The van der Waals surface area contributed by atoms with Crippen LogP contribution in [-0.2, 0) is 18.0 Å². The van der Waals surface area contributed by atoms with Gasteiger partial charge in [-0.15, -0.1) is 5.10 Å². The minimum Gasteiger partial charge on any atom is -0.349 e. The van der Waals surface area contributed by atoms with Crippen molar-refractivity contribution in [3.8, 4) is 28.2 Å². The molecule has 2 atom stereocenters. The zero-order valence-corrected chi connectivity index (χ0v) is 24.3. The van der Waals surface area contributed by atoms with E-state index in [4.69, 9.17) is 11.6 Å². The number of rotatable bonds is 3. The second-order valence-corrected chi connectivity index (χ2v) is 11.2. The minimum atomic E-state index is -4.67. The topological polar surface area (TPSA) is 113 Å². The van der Waals surface area contributed by atoms with E-state index in [-0.39, 0.29) is 23.2 Å². The monoisotopic (exact) mass is 622 g/mol. The number of hydrogen-bond acceptors (Lipinski definition) is 6. The summed E-state index contributed by atoms with van der Waals surface area (Å²) in [6.07, 6.45) is 2.76. The molecule has 0 radical (unpaired) electrons. The number of halogens is 4. The first kappa shape index (κ1) is 29.3. The summed E-state index contributed by atoms with van der Waals surface area (Å²) in [5, 5.41) is 10.2. The number of aryl methyl sites for hydroxylation is 1. The van der Waals surface area contributed by atoms with Crippen LogP contribution in [0.4, 0.5) is 18.9 Å². The second kappa shape index (κ2) is 11.4. The van der Waals surface area contributed by atoms with Crippen molar-refractivity contribution in [1.82, 2.24) is 34.1 Å². The molecule has 44 heavy (non-hydrogen) atoms. The average Bonchev–Trinajstić information content (AvgIpc) is 3.62. The van der Waals surface area contributed by atoms with Crippen molar-refractivity contribution >= 4 is 23.2 Å². The van der Waals surface area contributed by atoms with Crippen molar-refractivity contribution < 1.29 is 18.0 Å². The lowest BCUT2D eigenvalue weighted by Gasteiger charge is -2.22. The first-order valence-corrected chi connectivity index (χ1v) is 14.2. The van der Waals surface area contributed by atoms with Gasteiger partial charge in [0, 0.05) is 47.6 Å². The van der Waals surface area contributed by atoms with E-state index in [1.807, 2.05) is 42.9 Å². The van der Waals surface area contributed by atoms with Crippen molar-refractivity contribution in [2.24, 2.45) is 13.0 Å². The molecule has 1 aliphatic heterocycles. The molecule has 0 fully saturated rings. The van der Waals surface area contributed by atoms with Crippen LogP contribution >= 0.6 is 11.6 Å². The highest BCUT2D eigenvalue weighted by Crippen LogP contribution is 2.34. The van der Waals surface area contributed by atoms with Crippen LogP contribution in [0.2, 0.25) is 5.02 Å². The number of fused-ring (bicyclic) bond motifs is 4. The van der Waals surface area contributed by atoms with Gasteiger partial charge in [0.2, 0.25) is 5.91 Å². The van der Waals surface area contributed by atoms with Gasteiger partial charge in [0.05, 0.1) is 47.0 Å². The summed E-state index contributed by atoms with van der Waals surface area (Å²) in [6.45, 7) is 1.87. The first-order valence-electron chi connectivity index (χ1n) is 13.8. The number of hydrogen-bond donors (Lipinski definition) is 1. The first-order chi connectivity index (χ1) is 21.0. The molecule has 1 aromatic carbocycles. The molecule has 4 aromatic heterocycles. The average molecular weight is 623 g/mol. The number of carbonyl (C=O) groups excluding carboxylic acids is 1. The van der Waals surface area contributed by atoms with Crippen LogP contribution < -0.4 is 10.9 Å². The van der Waals surface area contributed by atoms with Crippen molar-refractivity contribution in [3.05, 3.63) is 94.1 Å². The van der Waals surface area contributed by atoms with Gasteiger partial charge in [0.25, 0.3) is 5.56 Å². The SMILES string of the molecule is C[C@@H]1CCC[C@H](n2cnc(-c3cc(Cl)ccc3-n3cc(C(F)(F)F)nn3)cc2=O)c2cc(ccn2)-c2c(ccn2C)NC1=O. The third kappa shape index (κ3) is 5.62. The summed E-state index contributed by atoms with van der Waals surface area (Å²) in [6, 6.07) is 10.9. The van der Waals surface area contributed by atoms with Gasteiger partial charge in [-0.3, -0.25) is 19.1 Å². The zero-order chi connectivity index (χ0) is 31.2. The summed E-state index contributed by atoms with van der Waals surface area (Å²) >= 11 is 6.24. The van der Waals surface area contributed by atoms with E-state index < -0.39 is 23.5 Å². The largest absolute Gasteiger partial charge is 0.436 e. The summed E-state index contributed by atoms with van der Waals surface area (Å²) in [7, 11) is 1.89. The van der Waals surface area contributed by atoms with Gasteiger partial charge in [0.15, 0.2) is 5.69 Å². The van der Waals surface area contributed by atoms with E-state index in [0.29, 0.717) is 41.2 Å². The number of benzene rings is 1. The fourth-order valence-corrected chi connectivity index (χ4v) is 5.59. The molecule has 1 N–H and O–H groups in total. The Morgan fingerprint density at radius 3 is 2.61 bits per heavy atom. The molecule has 10 nitrogen and oxygen atoms in total. The number of amides is 1. The smallest absolute Gasteiger partial charge is 0.349 e. The molecule has 1 amide bonds. The molecular weight excluding hydrogens is 597 g/mol. The Kier molecular flexibility index (Phi) is 7.58. The summed E-state index contributed by atoms with van der Waals surface area (Å²) in [4.78, 5) is 35.8. The minimum absolute atomic E-state index is 0.0842. The lowest BCUT2D eigenvalue weighted by molar-refractivity contribution is -0.141. The van der Waals surface area contributed by atoms with Gasteiger partial charge < -0.3 is 9.88 Å². The third-order valence-electron chi connectivity index (χ3n) is 7.73. The van der Waals surface area contributed by atoms with Crippen LogP contribution in [-0.4, -0.2) is 40.0 Å². The molecule has 0 saturated heterocycles. The highest BCUT2D eigenvalue weighted by atomic mass is 35.5. The van der Waals surface area contributed by atoms with Crippen LogP contribution in [0.5, 0.6) is 0 Å². The van der Waals surface area contributed by atoms with Crippen LogP contribution in [0.1, 0.15) is 43.6 Å². The van der Waals surface area contributed by atoms with Crippen LogP contribution in [0.3, 0.4) is 0 Å². The fourth-order valence-electron chi connectivity index (χ4n) is 5.42. The molecule has 0 saturated carbocycles. The molecule has 14 heteroatoms. The highest BCUT2D eigenvalue weighted by Gasteiger charge is 2.35. The van der Waals surface area contributed by atoms with E-state index in [2.05, 4.69) is 25.6 Å². The van der Waals surface area contributed by atoms with Crippen LogP contribution in [0, 0.1) is 5.92 Å². The van der Waals surface area contributed by atoms with Crippen molar-refractivity contribution in [2.75, 3.05) is 5.32 Å². The quantitative estimate of drug-likeness (QED) is 0.268. The van der Waals surface area contributed by atoms with Crippen LogP contribution in [0.15, 0.2) is 72.2 Å². The van der Waals surface area contributed by atoms with Gasteiger partial charge in [0.1, 0.15) is 0 Å². The van der Waals surface area contributed by atoms with E-state index >= 15 is 0 Å². The molecule has 0 unspecified atom stereocenters. The molecule has 1 aliphatic rings. The predicted molar refractivity (Wildman–Crippen MR) is 157 cm³/mol. The van der Waals surface area contributed by atoms with Gasteiger partial charge in [-0.05, 0) is 49.2 Å². The number of nitrogens with one attached hydrogen (secondary N) is 1. The second-order valence-electron chi connectivity index (χ2n) is 10.7. The Morgan fingerprint density at radius 1 is 1.05 bits per heavy atom. The summed E-state index contributed by atoms with van der Waals surface area (Å²) in [5.74, 6) is -0.346. The highest BCUT2D eigenvalue weighted by molar-refractivity contribution is 6.31. The summed E-state index contributed by atoms with van der Waals surface area (Å²) in [5.41, 5.74) is 2.13. The standard InChI is InChI=1S/C30H26ClF3N8O2/c1-17-4-3-5-25(23-12-18(8-10-35-23)28-21(37-29(17)44)9-11-40(28)2)41-16-36-22(14-27(41)43)20-13-19(31)6-7-24(20)42-15-26(38-39-42)30(32,33)34/h6-17,25H,3-5H2,1-2H3,(H,37,44)/t17-,25+/m1/s1. The van der Waals surface area contributed by atoms with Crippen molar-refractivity contribution in [2.45, 2.75) is 38.4 Å². The Balaban J connectivity index is 1.42. The van der Waals surface area contributed by atoms with Crippen molar-refractivity contribution in [3.63, 3.8) is 0 Å². The van der Waals surface area contributed by atoms with E-state index in [1.165, 1.54) is 35.2 Å². The fraction of sp³-hybridized carbons (Fsp3) is 0.267. The number of alkyl halides is 3. The van der Waals surface area contributed by atoms with Gasteiger partial charge in [-0.25, -0.2) is 9.67 Å². The molecule has 226 valence electrons. The van der Waals surface area contributed by atoms with Crippen molar-refractivity contribution in [1.29, 1.82) is 0 Å². The van der Waals surface area contributed by atoms with E-state index in [1.54, 1.807) is 6.20 Å². The van der Waals surface area contributed by atoms with Gasteiger partial charge >= 0.3 is 6.18 Å². The molecule has 2 bridgehead atoms. The Morgan fingerprint density at radius 2 is 1.86 bits per heavy atom. The van der Waals surface area contributed by atoms with E-state index in [0.717, 1.165) is 22.1 Å². The predicted octanol–water partition coefficient (Wildman–Crippen LogP) is 5.91. The molecule has 5 aromatic rings. The number of nitrogens with zero attached hydrogens (tertiary/aromatic N) is 7. The maximum atomic E-state index is 13.7. The number of anilines is 1. The Labute approximate surface area is 254 Å². The zero-order valence-electron chi connectivity index (χ0n) is 23.6. The third-order valence-corrected chi connectivity index (χ3v) is 7.96. The molecular formula is C30H26ClF3N8O2. The lowest BCUT2D eigenvalue weighted by atomic mass is 9.97. The Hall–Kier alpha value is -4.78. The van der Waals surface area contributed by atoms with Gasteiger partial charge in [-0.1, -0.05) is 30.2 Å². The Bertz CT molecular complexity index is 1930. The number of carbonyl (C=O) groups is 1. The summed E-state index contributed by atoms with van der Waals surface area (Å²) < 4.78 is 44.0. The molecule has 6 rings (SSSR count). The van der Waals surface area contributed by atoms with Gasteiger partial charge in [-0.2, -0.15) is 13.2 Å². The van der Waals surface area contributed by atoms with E-state index in [9.17, 15) is 22.8 Å². The lowest BCUT2D eigenvalue weighted by Crippen LogP contribution is -2.27. The maximum absolute atomic E-state index is 13.7. The van der Waals surface area contributed by atoms with Crippen LogP contribution in [0.25, 0.3) is 28.2 Å². The number of pyridine rings is 1. The molecule has 0 spiro atoms. The maximum Gasteiger partial charge on any atom is 0.436 e. The molecule has 5 heterocycles.